The van der Waals surface area contributed by atoms with E-state index in [2.05, 4.69) is 15.4 Å². The van der Waals surface area contributed by atoms with E-state index in [0.717, 1.165) is 5.82 Å². The van der Waals surface area contributed by atoms with Gasteiger partial charge in [-0.15, -0.1) is 0 Å². The van der Waals surface area contributed by atoms with E-state index in [1.54, 1.807) is 18.0 Å². The third kappa shape index (κ3) is 2.07. The molecule has 0 aliphatic rings. The maximum atomic E-state index is 5.16. The lowest BCUT2D eigenvalue weighted by Crippen LogP contribution is -1.98. The zero-order valence-corrected chi connectivity index (χ0v) is 8.64. The van der Waals surface area contributed by atoms with Crippen molar-refractivity contribution < 1.29 is 4.74 Å². The smallest absolute Gasteiger partial charge is 0.174 e. The van der Waals surface area contributed by atoms with Gasteiger partial charge in [0.15, 0.2) is 17.4 Å². The topological polar surface area (TPSA) is 52.0 Å². The summed E-state index contributed by atoms with van der Waals surface area (Å²) in [6.45, 7) is 0. The van der Waals surface area contributed by atoms with Gasteiger partial charge in [-0.25, -0.2) is 4.98 Å². The number of nitrogens with zero attached hydrogens (tertiary/aromatic N) is 3. The lowest BCUT2D eigenvalue weighted by molar-refractivity contribution is 0.415. The van der Waals surface area contributed by atoms with Crippen molar-refractivity contribution in [2.24, 2.45) is 7.05 Å². The van der Waals surface area contributed by atoms with Gasteiger partial charge in [-0.3, -0.25) is 4.68 Å². The van der Waals surface area contributed by atoms with Crippen LogP contribution in [0, 0.1) is 0 Å². The number of ether oxygens (including phenoxy) is 1. The van der Waals surface area contributed by atoms with Gasteiger partial charge in [0.25, 0.3) is 0 Å². The van der Waals surface area contributed by atoms with Gasteiger partial charge in [-0.2, -0.15) is 5.10 Å². The fourth-order valence-electron chi connectivity index (χ4n) is 1.25. The first-order valence-corrected chi connectivity index (χ1v) is 4.55. The van der Waals surface area contributed by atoms with Gasteiger partial charge in [-0.05, 0) is 12.1 Å². The number of rotatable bonds is 3. The molecule has 0 amide bonds. The SMILES string of the molecule is COc1cccnc1Nc1ccn(C)n1. The van der Waals surface area contributed by atoms with E-state index >= 15 is 0 Å². The second-order valence-corrected chi connectivity index (χ2v) is 3.05. The Balaban J connectivity index is 2.23. The predicted octanol–water partition coefficient (Wildman–Crippen LogP) is 1.57. The molecule has 2 aromatic heterocycles. The second-order valence-electron chi connectivity index (χ2n) is 3.05. The van der Waals surface area contributed by atoms with Gasteiger partial charge < -0.3 is 10.1 Å². The van der Waals surface area contributed by atoms with Crippen molar-refractivity contribution in [2.45, 2.75) is 0 Å². The summed E-state index contributed by atoms with van der Waals surface area (Å²) in [7, 11) is 3.47. The summed E-state index contributed by atoms with van der Waals surface area (Å²) in [6, 6.07) is 5.54. The Morgan fingerprint density at radius 2 is 2.27 bits per heavy atom. The van der Waals surface area contributed by atoms with E-state index in [9.17, 15) is 0 Å². The second kappa shape index (κ2) is 4.00. The average molecular weight is 204 g/mol. The summed E-state index contributed by atoms with van der Waals surface area (Å²) in [5.41, 5.74) is 0. The highest BCUT2D eigenvalue weighted by atomic mass is 16.5. The van der Waals surface area contributed by atoms with Gasteiger partial charge in [0.2, 0.25) is 0 Å². The van der Waals surface area contributed by atoms with E-state index in [-0.39, 0.29) is 0 Å². The molecule has 0 bridgehead atoms. The summed E-state index contributed by atoms with van der Waals surface area (Å²) < 4.78 is 6.88. The molecular weight excluding hydrogens is 192 g/mol. The molecule has 2 heterocycles. The largest absolute Gasteiger partial charge is 0.493 e. The lowest BCUT2D eigenvalue weighted by Gasteiger charge is -2.06. The molecule has 0 spiro atoms. The maximum absolute atomic E-state index is 5.16. The van der Waals surface area contributed by atoms with Crippen LogP contribution in [-0.2, 0) is 7.05 Å². The van der Waals surface area contributed by atoms with Crippen LogP contribution in [0.15, 0.2) is 30.6 Å². The minimum Gasteiger partial charge on any atom is -0.493 e. The summed E-state index contributed by atoms with van der Waals surface area (Å²) >= 11 is 0. The standard InChI is InChI=1S/C10H12N4O/c1-14-7-5-9(13-14)12-10-8(15-2)4-3-6-11-10/h3-7H,1-2H3,(H,11,12,13). The highest BCUT2D eigenvalue weighted by Crippen LogP contribution is 2.22. The quantitative estimate of drug-likeness (QED) is 0.824. The number of nitrogens with one attached hydrogen (secondary N) is 1. The van der Waals surface area contributed by atoms with E-state index in [1.165, 1.54) is 0 Å². The molecule has 0 fully saturated rings. The summed E-state index contributed by atoms with van der Waals surface area (Å²) in [5, 5.41) is 7.27. The van der Waals surface area contributed by atoms with Gasteiger partial charge >= 0.3 is 0 Å². The molecule has 0 saturated carbocycles. The van der Waals surface area contributed by atoms with Crippen molar-refractivity contribution in [1.82, 2.24) is 14.8 Å². The van der Waals surface area contributed by atoms with Crippen LogP contribution in [0.3, 0.4) is 0 Å². The Kier molecular flexibility index (Phi) is 2.53. The molecule has 1 N–H and O–H groups in total. The van der Waals surface area contributed by atoms with Crippen LogP contribution in [0.5, 0.6) is 5.75 Å². The number of aryl methyl sites for hydroxylation is 1. The van der Waals surface area contributed by atoms with E-state index in [1.807, 2.05) is 31.4 Å². The monoisotopic (exact) mass is 204 g/mol. The first-order valence-electron chi connectivity index (χ1n) is 4.55. The van der Waals surface area contributed by atoms with Crippen LogP contribution in [0.25, 0.3) is 0 Å². The van der Waals surface area contributed by atoms with Gasteiger partial charge in [-0.1, -0.05) is 0 Å². The minimum absolute atomic E-state index is 0.665. The molecule has 0 aliphatic heterocycles. The third-order valence-corrected chi connectivity index (χ3v) is 1.95. The van der Waals surface area contributed by atoms with Crippen LogP contribution in [0.4, 0.5) is 11.6 Å². The van der Waals surface area contributed by atoms with Gasteiger partial charge in [0, 0.05) is 25.5 Å². The fraction of sp³-hybridized carbons (Fsp3) is 0.200. The Morgan fingerprint density at radius 1 is 1.40 bits per heavy atom. The number of anilines is 2. The molecule has 78 valence electrons. The molecule has 2 aromatic rings. The molecule has 5 heteroatoms. The van der Waals surface area contributed by atoms with E-state index in [0.29, 0.717) is 11.6 Å². The summed E-state index contributed by atoms with van der Waals surface area (Å²) in [6.07, 6.45) is 3.56. The highest BCUT2D eigenvalue weighted by Gasteiger charge is 2.04. The van der Waals surface area contributed by atoms with Crippen molar-refractivity contribution in [3.05, 3.63) is 30.6 Å². The van der Waals surface area contributed by atoms with Gasteiger partial charge in [0.1, 0.15) is 0 Å². The van der Waals surface area contributed by atoms with Crippen LogP contribution in [0.1, 0.15) is 0 Å². The Labute approximate surface area is 87.7 Å². The minimum atomic E-state index is 0.665. The molecule has 15 heavy (non-hydrogen) atoms. The zero-order valence-electron chi connectivity index (χ0n) is 8.64. The predicted molar refractivity (Wildman–Crippen MR) is 57.3 cm³/mol. The van der Waals surface area contributed by atoms with Crippen molar-refractivity contribution in [2.75, 3.05) is 12.4 Å². The third-order valence-electron chi connectivity index (χ3n) is 1.95. The molecular formula is C10H12N4O. The average Bonchev–Trinajstić information content (AvgIpc) is 2.65. The van der Waals surface area contributed by atoms with Crippen LogP contribution in [0.2, 0.25) is 0 Å². The van der Waals surface area contributed by atoms with Crippen LogP contribution in [-0.4, -0.2) is 21.9 Å². The Hall–Kier alpha value is -2.04. The van der Waals surface area contributed by atoms with Crippen molar-refractivity contribution in [1.29, 1.82) is 0 Å². The summed E-state index contributed by atoms with van der Waals surface area (Å²) in [5.74, 6) is 2.11. The Morgan fingerprint density at radius 3 is 2.93 bits per heavy atom. The summed E-state index contributed by atoms with van der Waals surface area (Å²) in [4.78, 5) is 4.17. The van der Waals surface area contributed by atoms with E-state index < -0.39 is 0 Å². The van der Waals surface area contributed by atoms with Crippen molar-refractivity contribution in [3.63, 3.8) is 0 Å². The number of hydrogen-bond donors (Lipinski definition) is 1. The first kappa shape index (κ1) is 9.51. The molecule has 0 radical (unpaired) electrons. The molecule has 0 saturated heterocycles. The molecule has 2 rings (SSSR count). The number of methoxy groups -OCH3 is 1. The fourth-order valence-corrected chi connectivity index (χ4v) is 1.25. The molecule has 0 atom stereocenters. The number of pyridine rings is 1. The number of aromatic nitrogens is 3. The zero-order chi connectivity index (χ0) is 10.7. The first-order chi connectivity index (χ1) is 7.29. The van der Waals surface area contributed by atoms with Crippen molar-refractivity contribution >= 4 is 11.6 Å². The maximum Gasteiger partial charge on any atom is 0.174 e. The van der Waals surface area contributed by atoms with Crippen LogP contribution >= 0.6 is 0 Å². The molecule has 0 unspecified atom stereocenters. The van der Waals surface area contributed by atoms with E-state index in [4.69, 9.17) is 4.74 Å². The molecule has 0 aromatic carbocycles. The molecule has 0 aliphatic carbocycles. The highest BCUT2D eigenvalue weighted by molar-refractivity contribution is 5.58. The van der Waals surface area contributed by atoms with Crippen molar-refractivity contribution in [3.8, 4) is 5.75 Å². The van der Waals surface area contributed by atoms with Crippen LogP contribution < -0.4 is 10.1 Å². The Bertz CT molecular complexity index is 452. The van der Waals surface area contributed by atoms with Gasteiger partial charge in [0.05, 0.1) is 7.11 Å². The lowest BCUT2D eigenvalue weighted by atomic mass is 10.4. The number of hydrogen-bond acceptors (Lipinski definition) is 4. The molecule has 5 nitrogen and oxygen atoms in total. The normalized spacial score (nSPS) is 10.0.